The molecule has 19 heavy (non-hydrogen) atoms. The first kappa shape index (κ1) is 11.8. The summed E-state index contributed by atoms with van der Waals surface area (Å²) in [6.45, 7) is 1.07. The van der Waals surface area contributed by atoms with E-state index in [0.29, 0.717) is 30.4 Å². The average molecular weight is 263 g/mol. The third-order valence-corrected chi connectivity index (χ3v) is 3.31. The lowest BCUT2D eigenvalue weighted by Gasteiger charge is -2.25. The Bertz CT molecular complexity index is 542. The largest absolute Gasteiger partial charge is 0.486 e. The van der Waals surface area contributed by atoms with Crippen LogP contribution in [0.2, 0.25) is 0 Å². The van der Waals surface area contributed by atoms with Gasteiger partial charge in [0.2, 0.25) is 5.91 Å². The highest BCUT2D eigenvalue weighted by Crippen LogP contribution is 2.41. The molecule has 0 spiro atoms. The Morgan fingerprint density at radius 1 is 1.32 bits per heavy atom. The van der Waals surface area contributed by atoms with E-state index in [0.717, 1.165) is 0 Å². The number of ether oxygens (including phenoxy) is 2. The van der Waals surface area contributed by atoms with Gasteiger partial charge in [0.15, 0.2) is 11.5 Å². The molecule has 0 bridgehead atoms. The highest BCUT2D eigenvalue weighted by molar-refractivity contribution is 6.00. The van der Waals surface area contributed by atoms with Crippen LogP contribution in [-0.2, 0) is 9.59 Å². The molecule has 6 heteroatoms. The summed E-state index contributed by atoms with van der Waals surface area (Å²) in [7, 11) is 0. The number of aliphatic carboxylic acids is 1. The molecule has 3 rings (SSSR count). The number of hydrogen-bond donors (Lipinski definition) is 1. The second-order valence-electron chi connectivity index (χ2n) is 4.54. The van der Waals surface area contributed by atoms with Gasteiger partial charge in [0.25, 0.3) is 0 Å². The van der Waals surface area contributed by atoms with Gasteiger partial charge in [0.05, 0.1) is 11.6 Å². The molecule has 2 aliphatic rings. The quantitative estimate of drug-likeness (QED) is 0.857. The zero-order valence-corrected chi connectivity index (χ0v) is 10.2. The molecule has 2 aliphatic heterocycles. The van der Waals surface area contributed by atoms with Crippen LogP contribution in [-0.4, -0.2) is 36.7 Å². The van der Waals surface area contributed by atoms with Crippen molar-refractivity contribution in [3.8, 4) is 11.5 Å². The van der Waals surface area contributed by atoms with Crippen molar-refractivity contribution in [1.29, 1.82) is 0 Å². The van der Waals surface area contributed by atoms with E-state index in [4.69, 9.17) is 14.6 Å². The molecule has 1 aromatic carbocycles. The Labute approximate surface area is 109 Å². The van der Waals surface area contributed by atoms with Crippen molar-refractivity contribution >= 4 is 17.6 Å². The number of anilines is 1. The average Bonchev–Trinajstić information content (AvgIpc) is 2.80. The summed E-state index contributed by atoms with van der Waals surface area (Å²) in [5.41, 5.74) is 0.589. The number of benzene rings is 1. The van der Waals surface area contributed by atoms with E-state index >= 15 is 0 Å². The molecule has 0 aromatic heterocycles. The van der Waals surface area contributed by atoms with Gasteiger partial charge in [-0.2, -0.15) is 0 Å². The molecule has 1 aromatic rings. The van der Waals surface area contributed by atoms with Gasteiger partial charge in [0, 0.05) is 13.0 Å². The first-order valence-electron chi connectivity index (χ1n) is 6.08. The van der Waals surface area contributed by atoms with Crippen LogP contribution in [0, 0.1) is 5.92 Å². The molecule has 1 saturated heterocycles. The lowest BCUT2D eigenvalue weighted by Crippen LogP contribution is -2.27. The van der Waals surface area contributed by atoms with Crippen molar-refractivity contribution in [2.24, 2.45) is 5.92 Å². The van der Waals surface area contributed by atoms with Gasteiger partial charge in [0.1, 0.15) is 13.2 Å². The normalized spacial score (nSPS) is 21.6. The Morgan fingerprint density at radius 3 is 2.84 bits per heavy atom. The summed E-state index contributed by atoms with van der Waals surface area (Å²) in [5, 5.41) is 9.00. The zero-order chi connectivity index (χ0) is 13.4. The maximum atomic E-state index is 11.9. The van der Waals surface area contributed by atoms with Gasteiger partial charge in [-0.05, 0) is 12.1 Å². The van der Waals surface area contributed by atoms with E-state index in [1.807, 2.05) is 0 Å². The predicted octanol–water partition coefficient (Wildman–Crippen LogP) is 0.895. The van der Waals surface area contributed by atoms with Crippen LogP contribution in [0.3, 0.4) is 0 Å². The van der Waals surface area contributed by atoms with E-state index in [1.54, 1.807) is 18.2 Å². The lowest BCUT2D eigenvalue weighted by atomic mass is 10.1. The molecule has 1 atom stereocenters. The fraction of sp³-hybridized carbons (Fsp3) is 0.385. The summed E-state index contributed by atoms with van der Waals surface area (Å²) in [4.78, 5) is 24.4. The summed E-state index contributed by atoms with van der Waals surface area (Å²) in [5.74, 6) is -0.691. The third kappa shape index (κ3) is 1.99. The Morgan fingerprint density at radius 2 is 2.11 bits per heavy atom. The number of hydrogen-bond acceptors (Lipinski definition) is 4. The molecular formula is C13H13NO5. The predicted molar refractivity (Wildman–Crippen MR) is 65.5 cm³/mol. The summed E-state index contributed by atoms with van der Waals surface area (Å²) < 4.78 is 11.0. The molecule has 1 fully saturated rings. The summed E-state index contributed by atoms with van der Waals surface area (Å²) in [6.07, 6.45) is 0.0276. The van der Waals surface area contributed by atoms with Crippen LogP contribution >= 0.6 is 0 Å². The first-order chi connectivity index (χ1) is 9.16. The standard InChI is InChI=1S/C13H13NO5/c15-11-6-8(13(16)17)7-14(11)9-2-1-3-10-12(9)19-5-4-18-10/h1-3,8H,4-7H2,(H,16,17). The van der Waals surface area contributed by atoms with Crippen LogP contribution in [0.4, 0.5) is 5.69 Å². The van der Waals surface area contributed by atoms with Crippen LogP contribution in [0.5, 0.6) is 11.5 Å². The molecule has 1 amide bonds. The monoisotopic (exact) mass is 263 g/mol. The zero-order valence-electron chi connectivity index (χ0n) is 10.2. The maximum absolute atomic E-state index is 11.9. The van der Waals surface area contributed by atoms with Crippen LogP contribution in [0.15, 0.2) is 18.2 Å². The second kappa shape index (κ2) is 4.46. The van der Waals surface area contributed by atoms with E-state index < -0.39 is 11.9 Å². The number of fused-ring (bicyclic) bond motifs is 1. The number of carbonyl (C=O) groups excluding carboxylic acids is 1. The number of carboxylic acids is 1. The number of carbonyl (C=O) groups is 2. The Hall–Kier alpha value is -2.24. The smallest absolute Gasteiger partial charge is 0.308 e. The maximum Gasteiger partial charge on any atom is 0.308 e. The minimum atomic E-state index is -0.946. The topological polar surface area (TPSA) is 76.1 Å². The van der Waals surface area contributed by atoms with E-state index in [-0.39, 0.29) is 18.9 Å². The Kier molecular flexibility index (Phi) is 2.77. The van der Waals surface area contributed by atoms with Crippen LogP contribution in [0.1, 0.15) is 6.42 Å². The molecule has 1 unspecified atom stereocenters. The summed E-state index contributed by atoms with van der Waals surface area (Å²) >= 11 is 0. The fourth-order valence-electron chi connectivity index (χ4n) is 2.38. The molecular weight excluding hydrogens is 250 g/mol. The SMILES string of the molecule is O=C(O)C1CC(=O)N(c2cccc3c2OCCO3)C1. The van der Waals surface area contributed by atoms with Crippen molar-refractivity contribution in [2.45, 2.75) is 6.42 Å². The summed E-state index contributed by atoms with van der Waals surface area (Å²) in [6, 6.07) is 5.28. The van der Waals surface area contributed by atoms with Gasteiger partial charge in [-0.1, -0.05) is 6.07 Å². The number of rotatable bonds is 2. The number of para-hydroxylation sites is 1. The molecule has 2 heterocycles. The highest BCUT2D eigenvalue weighted by Gasteiger charge is 2.37. The Balaban J connectivity index is 1.95. The van der Waals surface area contributed by atoms with Gasteiger partial charge in [-0.25, -0.2) is 0 Å². The van der Waals surface area contributed by atoms with Crippen molar-refractivity contribution in [3.05, 3.63) is 18.2 Å². The van der Waals surface area contributed by atoms with Crippen molar-refractivity contribution < 1.29 is 24.2 Å². The van der Waals surface area contributed by atoms with Gasteiger partial charge in [-0.3, -0.25) is 9.59 Å². The van der Waals surface area contributed by atoms with Gasteiger partial charge >= 0.3 is 5.97 Å². The molecule has 1 N–H and O–H groups in total. The number of nitrogens with zero attached hydrogens (tertiary/aromatic N) is 1. The van der Waals surface area contributed by atoms with E-state index in [2.05, 4.69) is 0 Å². The van der Waals surface area contributed by atoms with Crippen molar-refractivity contribution in [3.63, 3.8) is 0 Å². The molecule has 0 saturated carbocycles. The van der Waals surface area contributed by atoms with E-state index in [1.165, 1.54) is 4.90 Å². The van der Waals surface area contributed by atoms with Crippen LogP contribution < -0.4 is 14.4 Å². The minimum absolute atomic E-state index is 0.0276. The third-order valence-electron chi connectivity index (χ3n) is 3.31. The van der Waals surface area contributed by atoms with Crippen LogP contribution in [0.25, 0.3) is 0 Å². The lowest BCUT2D eigenvalue weighted by molar-refractivity contribution is -0.141. The molecule has 0 radical (unpaired) electrons. The van der Waals surface area contributed by atoms with Crippen molar-refractivity contribution in [2.75, 3.05) is 24.7 Å². The number of carboxylic acid groups (broad SMARTS) is 1. The van der Waals surface area contributed by atoms with Gasteiger partial charge < -0.3 is 19.5 Å². The van der Waals surface area contributed by atoms with E-state index in [9.17, 15) is 9.59 Å². The second-order valence-corrected chi connectivity index (χ2v) is 4.54. The fourth-order valence-corrected chi connectivity index (χ4v) is 2.38. The molecule has 100 valence electrons. The first-order valence-corrected chi connectivity index (χ1v) is 6.08. The highest BCUT2D eigenvalue weighted by atomic mass is 16.6. The van der Waals surface area contributed by atoms with Crippen molar-refractivity contribution in [1.82, 2.24) is 0 Å². The number of amides is 1. The molecule has 6 nitrogen and oxygen atoms in total. The molecule has 0 aliphatic carbocycles. The van der Waals surface area contributed by atoms with Gasteiger partial charge in [-0.15, -0.1) is 0 Å². The minimum Gasteiger partial charge on any atom is -0.486 e.